The van der Waals surface area contributed by atoms with Gasteiger partial charge in [-0.05, 0) is 24.1 Å². The normalized spacial score (nSPS) is 12.6. The zero-order chi connectivity index (χ0) is 19.3. The van der Waals surface area contributed by atoms with Crippen LogP contribution in [0.4, 0.5) is 0 Å². The van der Waals surface area contributed by atoms with E-state index in [4.69, 9.17) is 26.6 Å². The molecule has 0 fully saturated rings. The second kappa shape index (κ2) is 8.50. The predicted molar refractivity (Wildman–Crippen MR) is 95.7 cm³/mol. The van der Waals surface area contributed by atoms with Crippen molar-refractivity contribution in [1.82, 2.24) is 0 Å². The molecule has 2 rings (SSSR count). The number of hydrogen-bond acceptors (Lipinski definition) is 6. The zero-order valence-corrected chi connectivity index (χ0v) is 15.2. The van der Waals surface area contributed by atoms with Crippen LogP contribution in [0.15, 0.2) is 47.4 Å². The number of nitrogens with two attached hydrogens (primary N) is 1. The van der Waals surface area contributed by atoms with Gasteiger partial charge in [0.1, 0.15) is 17.3 Å². The first kappa shape index (κ1) is 20.2. The Labute approximate surface area is 156 Å². The summed E-state index contributed by atoms with van der Waals surface area (Å²) in [6.07, 6.45) is 0.0937. The average molecular weight is 400 g/mol. The van der Waals surface area contributed by atoms with Gasteiger partial charge in [-0.3, -0.25) is 9.35 Å². The zero-order valence-electron chi connectivity index (χ0n) is 13.6. The summed E-state index contributed by atoms with van der Waals surface area (Å²) < 4.78 is 36.6. The van der Waals surface area contributed by atoms with E-state index in [9.17, 15) is 18.3 Å². The first-order chi connectivity index (χ1) is 12.2. The minimum Gasteiger partial charge on any atom is -0.506 e. The molecule has 0 aliphatic heterocycles. The van der Waals surface area contributed by atoms with Crippen LogP contribution < -0.4 is 5.73 Å². The van der Waals surface area contributed by atoms with Crippen LogP contribution in [0.1, 0.15) is 11.1 Å². The largest absolute Gasteiger partial charge is 0.506 e. The lowest BCUT2D eigenvalue weighted by molar-refractivity contribution is -0.143. The highest BCUT2D eigenvalue weighted by Gasteiger charge is 2.21. The number of phenols is 1. The summed E-state index contributed by atoms with van der Waals surface area (Å²) >= 11 is 5.77. The fourth-order valence-corrected chi connectivity index (χ4v) is 3.30. The van der Waals surface area contributed by atoms with Gasteiger partial charge in [0.15, 0.2) is 0 Å². The van der Waals surface area contributed by atoms with Crippen molar-refractivity contribution >= 4 is 27.7 Å². The number of hydrogen-bond donors (Lipinski definition) is 3. The second-order valence-corrected chi connectivity index (χ2v) is 7.52. The first-order valence-corrected chi connectivity index (χ1v) is 9.42. The molecule has 0 radical (unpaired) electrons. The predicted octanol–water partition coefficient (Wildman–Crippen LogP) is 1.95. The number of carbonyl (C=O) groups is 1. The van der Waals surface area contributed by atoms with Crippen LogP contribution >= 0.6 is 11.6 Å². The number of phenolic OH excluding ortho intramolecular Hbond substituents is 1. The van der Waals surface area contributed by atoms with E-state index in [1.165, 1.54) is 6.07 Å². The maximum atomic E-state index is 11.9. The molecule has 26 heavy (non-hydrogen) atoms. The molecule has 0 bridgehead atoms. The smallest absolute Gasteiger partial charge is 0.310 e. The van der Waals surface area contributed by atoms with Crippen LogP contribution in [0.5, 0.6) is 5.75 Å². The number of carbonyl (C=O) groups excluding carboxylic acids is 1. The molecule has 7 nitrogen and oxygen atoms in total. The molecule has 0 saturated heterocycles. The first-order valence-electron chi connectivity index (χ1n) is 7.61. The molecule has 0 saturated carbocycles. The third kappa shape index (κ3) is 5.70. The van der Waals surface area contributed by atoms with Gasteiger partial charge in [0, 0.05) is 16.6 Å². The standard InChI is InChI=1S/C17H18ClNO6S/c18-13-7-12(17(21)15(9-13)26(22,23)24)8-16(20)25-10-14(19)6-11-4-2-1-3-5-11/h1-5,7,9,14,21H,6,8,10,19H2,(H,22,23,24)/t14-/m0/s1. The van der Waals surface area contributed by atoms with Gasteiger partial charge < -0.3 is 15.6 Å². The van der Waals surface area contributed by atoms with Gasteiger partial charge in [0.05, 0.1) is 6.42 Å². The SMILES string of the molecule is N[C@H](COC(=O)Cc1cc(Cl)cc(S(=O)(=O)O)c1O)Cc1ccccc1. The quantitative estimate of drug-likeness (QED) is 0.479. The Balaban J connectivity index is 1.99. The van der Waals surface area contributed by atoms with Crippen molar-refractivity contribution in [3.05, 3.63) is 58.6 Å². The van der Waals surface area contributed by atoms with Gasteiger partial charge in [-0.25, -0.2) is 0 Å². The Morgan fingerprint density at radius 3 is 2.50 bits per heavy atom. The molecule has 9 heteroatoms. The van der Waals surface area contributed by atoms with Crippen molar-refractivity contribution in [1.29, 1.82) is 0 Å². The Bertz CT molecular complexity index is 886. The molecule has 4 N–H and O–H groups in total. The van der Waals surface area contributed by atoms with Gasteiger partial charge >= 0.3 is 5.97 Å². The number of benzene rings is 2. The molecule has 0 amide bonds. The molecule has 0 heterocycles. The van der Waals surface area contributed by atoms with E-state index in [2.05, 4.69) is 0 Å². The maximum absolute atomic E-state index is 11.9. The summed E-state index contributed by atoms with van der Waals surface area (Å²) in [6.45, 7) is -0.0415. The minimum absolute atomic E-state index is 0.0415. The van der Waals surface area contributed by atoms with E-state index in [1.807, 2.05) is 30.3 Å². The fourth-order valence-electron chi connectivity index (χ4n) is 2.34. The fraction of sp³-hybridized carbons (Fsp3) is 0.235. The highest BCUT2D eigenvalue weighted by atomic mass is 35.5. The lowest BCUT2D eigenvalue weighted by atomic mass is 10.1. The number of esters is 1. The van der Waals surface area contributed by atoms with Crippen molar-refractivity contribution in [2.45, 2.75) is 23.8 Å². The Morgan fingerprint density at radius 2 is 1.88 bits per heavy atom. The van der Waals surface area contributed by atoms with Crippen LogP contribution in [-0.2, 0) is 32.5 Å². The highest BCUT2D eigenvalue weighted by Crippen LogP contribution is 2.31. The number of rotatable bonds is 7. The van der Waals surface area contributed by atoms with Crippen molar-refractivity contribution < 1.29 is 27.6 Å². The molecule has 0 unspecified atom stereocenters. The Hall–Kier alpha value is -2.13. The summed E-state index contributed by atoms with van der Waals surface area (Å²) in [5, 5.41) is 9.88. The number of ether oxygens (including phenoxy) is 1. The summed E-state index contributed by atoms with van der Waals surface area (Å²) in [4.78, 5) is 11.2. The van der Waals surface area contributed by atoms with E-state index < -0.39 is 39.2 Å². The third-order valence-electron chi connectivity index (χ3n) is 3.53. The third-order valence-corrected chi connectivity index (χ3v) is 4.62. The van der Waals surface area contributed by atoms with Gasteiger partial charge in [-0.2, -0.15) is 8.42 Å². The van der Waals surface area contributed by atoms with Gasteiger partial charge in [0.2, 0.25) is 0 Å². The van der Waals surface area contributed by atoms with Crippen molar-refractivity contribution in [2.24, 2.45) is 5.73 Å². The molecule has 0 aromatic heterocycles. The van der Waals surface area contributed by atoms with E-state index >= 15 is 0 Å². The summed E-state index contributed by atoms with van der Waals surface area (Å²) in [5.74, 6) is -1.46. The van der Waals surface area contributed by atoms with Gasteiger partial charge in [0.25, 0.3) is 10.1 Å². The van der Waals surface area contributed by atoms with Crippen molar-refractivity contribution in [2.75, 3.05) is 6.61 Å². The topological polar surface area (TPSA) is 127 Å². The van der Waals surface area contributed by atoms with Crippen LogP contribution in [0, 0.1) is 0 Å². The highest BCUT2D eigenvalue weighted by molar-refractivity contribution is 7.86. The molecule has 140 valence electrons. The molecular weight excluding hydrogens is 382 g/mol. The van der Waals surface area contributed by atoms with E-state index in [0.29, 0.717) is 6.42 Å². The monoisotopic (exact) mass is 399 g/mol. The summed E-state index contributed by atoms with van der Waals surface area (Å²) in [5.41, 5.74) is 6.85. The lowest BCUT2D eigenvalue weighted by Crippen LogP contribution is -2.30. The van der Waals surface area contributed by atoms with E-state index in [1.54, 1.807) is 0 Å². The minimum atomic E-state index is -4.68. The molecule has 0 aliphatic rings. The van der Waals surface area contributed by atoms with E-state index in [-0.39, 0.29) is 17.2 Å². The lowest BCUT2D eigenvalue weighted by Gasteiger charge is -2.13. The molecular formula is C17H18ClNO6S. The van der Waals surface area contributed by atoms with Gasteiger partial charge in [-0.15, -0.1) is 0 Å². The molecule has 2 aromatic carbocycles. The molecule has 0 aliphatic carbocycles. The average Bonchev–Trinajstić information content (AvgIpc) is 2.56. The maximum Gasteiger partial charge on any atom is 0.310 e. The van der Waals surface area contributed by atoms with E-state index in [0.717, 1.165) is 11.6 Å². The van der Waals surface area contributed by atoms with Gasteiger partial charge in [-0.1, -0.05) is 41.9 Å². The van der Waals surface area contributed by atoms with Crippen molar-refractivity contribution in [3.8, 4) is 5.75 Å². The Kier molecular flexibility index (Phi) is 6.60. The number of halogens is 1. The summed E-state index contributed by atoms with van der Waals surface area (Å²) in [6, 6.07) is 11.1. The van der Waals surface area contributed by atoms with Crippen molar-refractivity contribution in [3.63, 3.8) is 0 Å². The van der Waals surface area contributed by atoms with Crippen LogP contribution in [0.25, 0.3) is 0 Å². The second-order valence-electron chi connectivity index (χ2n) is 5.70. The molecule has 1 atom stereocenters. The summed E-state index contributed by atoms with van der Waals surface area (Å²) in [7, 11) is -4.68. The Morgan fingerprint density at radius 1 is 1.23 bits per heavy atom. The van der Waals surface area contributed by atoms with Crippen LogP contribution in [-0.4, -0.2) is 36.7 Å². The molecule has 0 spiro atoms. The van der Waals surface area contributed by atoms with Crippen LogP contribution in [0.3, 0.4) is 0 Å². The number of aromatic hydroxyl groups is 1. The molecule has 2 aromatic rings. The van der Waals surface area contributed by atoms with Crippen LogP contribution in [0.2, 0.25) is 5.02 Å².